The summed E-state index contributed by atoms with van der Waals surface area (Å²) in [5.74, 6) is -0.735. The molecule has 1 N–H and O–H groups in total. The first-order chi connectivity index (χ1) is 8.72. The molecule has 1 aromatic heterocycles. The third kappa shape index (κ3) is 3.10. The second-order valence-electron chi connectivity index (χ2n) is 4.63. The monoisotopic (exact) mass is 268 g/mol. The Labute approximate surface area is 112 Å². The lowest BCUT2D eigenvalue weighted by atomic mass is 10.1. The van der Waals surface area contributed by atoms with Crippen LogP contribution < -0.4 is 0 Å². The van der Waals surface area contributed by atoms with Crippen molar-refractivity contribution in [1.82, 2.24) is 9.80 Å². The van der Waals surface area contributed by atoms with Crippen molar-refractivity contribution in [2.24, 2.45) is 0 Å². The summed E-state index contributed by atoms with van der Waals surface area (Å²) in [5, 5.41) is 11.4. The van der Waals surface area contributed by atoms with Gasteiger partial charge in [0.15, 0.2) is 0 Å². The maximum atomic E-state index is 11.5. The molecule has 0 radical (unpaired) electrons. The van der Waals surface area contributed by atoms with E-state index in [1.54, 1.807) is 0 Å². The maximum absolute atomic E-state index is 11.5. The number of rotatable bonds is 5. The predicted octanol–water partition coefficient (Wildman–Crippen LogP) is 1.90. The van der Waals surface area contributed by atoms with Crippen molar-refractivity contribution in [3.8, 4) is 0 Å². The van der Waals surface area contributed by atoms with Crippen molar-refractivity contribution in [3.63, 3.8) is 0 Å². The summed E-state index contributed by atoms with van der Waals surface area (Å²) < 4.78 is 0. The molecule has 18 heavy (non-hydrogen) atoms. The molecule has 0 bridgehead atoms. The second kappa shape index (κ2) is 6.31. The number of hydrogen-bond donors (Lipinski definition) is 1. The third-order valence-corrected chi connectivity index (χ3v) is 4.28. The average molecular weight is 268 g/mol. The average Bonchev–Trinajstić information content (AvgIpc) is 2.85. The van der Waals surface area contributed by atoms with Crippen LogP contribution in [0.4, 0.5) is 0 Å². The molecule has 2 rings (SSSR count). The number of carboxylic acid groups (broad SMARTS) is 1. The van der Waals surface area contributed by atoms with Gasteiger partial charge in [0, 0.05) is 31.1 Å². The highest BCUT2D eigenvalue weighted by Gasteiger charge is 2.30. The highest BCUT2D eigenvalue weighted by atomic mass is 32.1. The van der Waals surface area contributed by atoms with Gasteiger partial charge in [0.1, 0.15) is 6.04 Å². The van der Waals surface area contributed by atoms with E-state index in [-0.39, 0.29) is 0 Å². The molecule has 1 aliphatic rings. The number of piperazine rings is 1. The smallest absolute Gasteiger partial charge is 0.326 e. The minimum atomic E-state index is -0.735. The molecule has 1 aliphatic heterocycles. The maximum Gasteiger partial charge on any atom is 0.326 e. The van der Waals surface area contributed by atoms with E-state index in [4.69, 9.17) is 0 Å². The summed E-state index contributed by atoms with van der Waals surface area (Å²) in [5.41, 5.74) is 0. The first kappa shape index (κ1) is 13.5. The van der Waals surface area contributed by atoms with Crippen LogP contribution in [0, 0.1) is 0 Å². The van der Waals surface area contributed by atoms with Crippen LogP contribution in [-0.4, -0.2) is 53.6 Å². The lowest BCUT2D eigenvalue weighted by Gasteiger charge is -2.37. The van der Waals surface area contributed by atoms with Gasteiger partial charge in [0.2, 0.25) is 0 Å². The molecule has 1 unspecified atom stereocenters. The number of nitrogens with zero attached hydrogens (tertiary/aromatic N) is 2. The summed E-state index contributed by atoms with van der Waals surface area (Å²) in [6, 6.07) is 3.37. The van der Waals surface area contributed by atoms with Crippen LogP contribution in [-0.2, 0) is 4.79 Å². The third-order valence-electron chi connectivity index (χ3n) is 3.36. The van der Waals surface area contributed by atoms with E-state index in [1.165, 1.54) is 11.3 Å². The molecule has 5 heteroatoms. The number of aliphatic carboxylic acids is 1. The highest BCUT2D eigenvalue weighted by molar-refractivity contribution is 7.10. The zero-order chi connectivity index (χ0) is 13.0. The van der Waals surface area contributed by atoms with E-state index < -0.39 is 12.0 Å². The van der Waals surface area contributed by atoms with Gasteiger partial charge in [0.25, 0.3) is 0 Å². The van der Waals surface area contributed by atoms with Gasteiger partial charge in [0.05, 0.1) is 0 Å². The Bertz CT molecular complexity index is 372. The molecule has 1 saturated heterocycles. The molecule has 1 atom stereocenters. The van der Waals surface area contributed by atoms with Crippen LogP contribution in [0.15, 0.2) is 17.5 Å². The Kier molecular flexibility index (Phi) is 4.74. The fraction of sp³-hybridized carbons (Fsp3) is 0.615. The van der Waals surface area contributed by atoms with Crippen LogP contribution >= 0.6 is 11.3 Å². The molecule has 0 saturated carbocycles. The number of carbonyl (C=O) groups is 1. The van der Waals surface area contributed by atoms with E-state index in [0.717, 1.165) is 44.0 Å². The summed E-state index contributed by atoms with van der Waals surface area (Å²) in [6.45, 7) is 6.93. The zero-order valence-electron chi connectivity index (χ0n) is 10.7. The SMILES string of the molecule is CCCN1CCN(C(C(=O)O)c2cccs2)CC1. The molecule has 0 aliphatic carbocycles. The topological polar surface area (TPSA) is 43.8 Å². The zero-order valence-corrected chi connectivity index (χ0v) is 11.5. The Morgan fingerprint density at radius 1 is 1.44 bits per heavy atom. The highest BCUT2D eigenvalue weighted by Crippen LogP contribution is 2.26. The first-order valence-corrected chi connectivity index (χ1v) is 7.33. The van der Waals surface area contributed by atoms with Crippen LogP contribution in [0.2, 0.25) is 0 Å². The Balaban J connectivity index is 1.99. The normalized spacial score (nSPS) is 19.8. The standard InChI is InChI=1S/C13H20N2O2S/c1-2-5-14-6-8-15(9-7-14)12(13(16)17)11-4-3-10-18-11/h3-4,10,12H,2,5-9H2,1H3,(H,16,17). The van der Waals surface area contributed by atoms with E-state index in [9.17, 15) is 9.90 Å². The fourth-order valence-corrected chi connectivity index (χ4v) is 3.32. The molecule has 2 heterocycles. The Morgan fingerprint density at radius 2 is 2.17 bits per heavy atom. The quantitative estimate of drug-likeness (QED) is 0.886. The summed E-state index contributed by atoms with van der Waals surface area (Å²) in [6.07, 6.45) is 1.16. The van der Waals surface area contributed by atoms with Crippen molar-refractivity contribution >= 4 is 17.3 Å². The molecule has 0 amide bonds. The second-order valence-corrected chi connectivity index (χ2v) is 5.61. The van der Waals surface area contributed by atoms with Gasteiger partial charge in [-0.05, 0) is 24.4 Å². The van der Waals surface area contributed by atoms with E-state index in [0.29, 0.717) is 0 Å². The van der Waals surface area contributed by atoms with Gasteiger partial charge in [-0.1, -0.05) is 13.0 Å². The van der Waals surface area contributed by atoms with Gasteiger partial charge < -0.3 is 10.0 Å². The number of hydrogen-bond acceptors (Lipinski definition) is 4. The van der Waals surface area contributed by atoms with E-state index in [1.807, 2.05) is 17.5 Å². The van der Waals surface area contributed by atoms with Gasteiger partial charge in [-0.3, -0.25) is 9.69 Å². The lowest BCUT2D eigenvalue weighted by molar-refractivity contribution is -0.144. The lowest BCUT2D eigenvalue weighted by Crippen LogP contribution is -2.49. The van der Waals surface area contributed by atoms with Crippen LogP contribution in [0.3, 0.4) is 0 Å². The molecule has 1 fully saturated rings. The Hall–Kier alpha value is -0.910. The molecular weight excluding hydrogens is 248 g/mol. The number of carboxylic acids is 1. The van der Waals surface area contributed by atoms with E-state index >= 15 is 0 Å². The first-order valence-electron chi connectivity index (χ1n) is 6.45. The summed E-state index contributed by atoms with van der Waals surface area (Å²) in [7, 11) is 0. The summed E-state index contributed by atoms with van der Waals surface area (Å²) in [4.78, 5) is 16.9. The largest absolute Gasteiger partial charge is 0.480 e. The van der Waals surface area contributed by atoms with Crippen molar-refractivity contribution < 1.29 is 9.90 Å². The molecule has 100 valence electrons. The van der Waals surface area contributed by atoms with Crippen molar-refractivity contribution in [2.45, 2.75) is 19.4 Å². The van der Waals surface area contributed by atoms with Crippen LogP contribution in [0.5, 0.6) is 0 Å². The van der Waals surface area contributed by atoms with Crippen molar-refractivity contribution in [1.29, 1.82) is 0 Å². The van der Waals surface area contributed by atoms with Gasteiger partial charge in [-0.15, -0.1) is 11.3 Å². The van der Waals surface area contributed by atoms with Gasteiger partial charge in [-0.25, -0.2) is 0 Å². The molecule has 1 aromatic rings. The summed E-state index contributed by atoms with van der Waals surface area (Å²) >= 11 is 1.53. The minimum Gasteiger partial charge on any atom is -0.480 e. The predicted molar refractivity (Wildman–Crippen MR) is 73.0 cm³/mol. The van der Waals surface area contributed by atoms with E-state index in [2.05, 4.69) is 16.7 Å². The number of thiophene rings is 1. The molecule has 0 spiro atoms. The molecular formula is C13H20N2O2S. The van der Waals surface area contributed by atoms with Gasteiger partial charge in [-0.2, -0.15) is 0 Å². The van der Waals surface area contributed by atoms with Crippen molar-refractivity contribution in [3.05, 3.63) is 22.4 Å². The van der Waals surface area contributed by atoms with Crippen LogP contribution in [0.1, 0.15) is 24.3 Å². The van der Waals surface area contributed by atoms with Gasteiger partial charge >= 0.3 is 5.97 Å². The van der Waals surface area contributed by atoms with Crippen molar-refractivity contribution in [2.75, 3.05) is 32.7 Å². The Morgan fingerprint density at radius 3 is 2.67 bits per heavy atom. The molecule has 4 nitrogen and oxygen atoms in total. The molecule has 0 aromatic carbocycles. The minimum absolute atomic E-state index is 0.464. The fourth-order valence-electron chi connectivity index (χ4n) is 2.47. The van der Waals surface area contributed by atoms with Crippen LogP contribution in [0.25, 0.3) is 0 Å².